The zero-order chi connectivity index (χ0) is 20.5. The Labute approximate surface area is 167 Å². The van der Waals surface area contributed by atoms with Crippen LogP contribution in [0.3, 0.4) is 0 Å². The molecule has 0 unspecified atom stereocenters. The lowest BCUT2D eigenvalue weighted by Crippen LogP contribution is -2.21. The maximum absolute atomic E-state index is 12.2. The first-order valence-electron chi connectivity index (χ1n) is 9.02. The first kappa shape index (κ1) is 21.4. The predicted octanol–water partition coefficient (Wildman–Crippen LogP) is 3.03. The van der Waals surface area contributed by atoms with Crippen molar-refractivity contribution in [2.45, 2.75) is 39.0 Å². The Morgan fingerprint density at radius 1 is 1.39 bits per heavy atom. The van der Waals surface area contributed by atoms with Gasteiger partial charge in [0.05, 0.1) is 19.0 Å². The first-order valence-corrected chi connectivity index (χ1v) is 9.43. The van der Waals surface area contributed by atoms with Gasteiger partial charge in [-0.2, -0.15) is 5.10 Å². The highest BCUT2D eigenvalue weighted by molar-refractivity contribution is 7.71. The average molecular weight is 404 g/mol. The van der Waals surface area contributed by atoms with Gasteiger partial charge in [-0.3, -0.25) is 19.1 Å². The molecule has 0 fully saturated rings. The van der Waals surface area contributed by atoms with E-state index in [0.717, 1.165) is 31.9 Å². The Bertz CT molecular complexity index is 965. The number of ether oxygens (including phenoxy) is 1. The molecule has 2 aromatic rings. The fourth-order valence-electron chi connectivity index (χ4n) is 2.58. The molecule has 0 aliphatic carbocycles. The highest BCUT2D eigenvalue weighted by atomic mass is 32.1. The summed E-state index contributed by atoms with van der Waals surface area (Å²) in [7, 11) is 1.52. The number of unbranched alkanes of at least 4 members (excludes halogenated alkanes) is 3. The second-order valence-corrected chi connectivity index (χ2v) is 6.52. The van der Waals surface area contributed by atoms with Gasteiger partial charge in [0.25, 0.3) is 5.56 Å². The maximum atomic E-state index is 12.2. The zero-order valence-electron chi connectivity index (χ0n) is 15.9. The van der Waals surface area contributed by atoms with E-state index in [2.05, 4.69) is 22.4 Å². The molecule has 1 aromatic heterocycles. The molecule has 0 saturated carbocycles. The maximum Gasteiger partial charge on any atom is 0.264 e. The van der Waals surface area contributed by atoms with Crippen molar-refractivity contribution < 1.29 is 14.6 Å². The first-order chi connectivity index (χ1) is 13.5. The Morgan fingerprint density at radius 3 is 2.89 bits per heavy atom. The SMILES string of the molecule is CCCCCCC(=O)N/N=C/c1c(O)n(-c2cccc(OC)c2)c(=S)[nH]c1=O. The number of benzene rings is 1. The zero-order valence-corrected chi connectivity index (χ0v) is 16.7. The third-order valence-electron chi connectivity index (χ3n) is 4.07. The Balaban J connectivity index is 2.22. The van der Waals surface area contributed by atoms with Crippen LogP contribution in [0.5, 0.6) is 11.6 Å². The number of H-pyrrole nitrogens is 1. The van der Waals surface area contributed by atoms with E-state index in [-0.39, 0.29) is 22.1 Å². The lowest BCUT2D eigenvalue weighted by molar-refractivity contribution is -0.121. The molecular weight excluding hydrogens is 380 g/mol. The summed E-state index contributed by atoms with van der Waals surface area (Å²) in [6.45, 7) is 2.10. The molecular formula is C19H24N4O4S. The molecule has 1 aromatic carbocycles. The van der Waals surface area contributed by atoms with Gasteiger partial charge in [0.2, 0.25) is 11.8 Å². The van der Waals surface area contributed by atoms with E-state index < -0.39 is 5.56 Å². The quantitative estimate of drug-likeness (QED) is 0.258. The third-order valence-corrected chi connectivity index (χ3v) is 4.36. The number of methoxy groups -OCH3 is 1. The third kappa shape index (κ3) is 5.53. The van der Waals surface area contributed by atoms with Gasteiger partial charge in [-0.1, -0.05) is 32.3 Å². The molecule has 0 bridgehead atoms. The minimum atomic E-state index is -0.609. The summed E-state index contributed by atoms with van der Waals surface area (Å²) in [6.07, 6.45) is 5.39. The van der Waals surface area contributed by atoms with Gasteiger partial charge in [0.15, 0.2) is 4.77 Å². The van der Waals surface area contributed by atoms with Crippen molar-refractivity contribution in [2.75, 3.05) is 7.11 Å². The summed E-state index contributed by atoms with van der Waals surface area (Å²) >= 11 is 5.16. The number of amides is 1. The van der Waals surface area contributed by atoms with E-state index >= 15 is 0 Å². The molecule has 0 aliphatic heterocycles. The van der Waals surface area contributed by atoms with E-state index in [4.69, 9.17) is 17.0 Å². The molecule has 9 heteroatoms. The number of aromatic nitrogens is 2. The molecule has 1 heterocycles. The summed E-state index contributed by atoms with van der Waals surface area (Å²) in [5.74, 6) is -0.0673. The van der Waals surface area contributed by atoms with Crippen molar-refractivity contribution in [3.8, 4) is 17.3 Å². The number of hydrazone groups is 1. The van der Waals surface area contributed by atoms with E-state index in [1.54, 1.807) is 24.3 Å². The average Bonchev–Trinajstić information content (AvgIpc) is 2.67. The molecule has 2 rings (SSSR count). The number of rotatable bonds is 9. The van der Waals surface area contributed by atoms with E-state index in [0.29, 0.717) is 17.9 Å². The Morgan fingerprint density at radius 2 is 2.18 bits per heavy atom. The minimum absolute atomic E-state index is 0.0212. The van der Waals surface area contributed by atoms with Crippen molar-refractivity contribution in [2.24, 2.45) is 5.10 Å². The van der Waals surface area contributed by atoms with E-state index in [1.807, 2.05) is 0 Å². The van der Waals surface area contributed by atoms with Crippen LogP contribution < -0.4 is 15.7 Å². The molecule has 0 radical (unpaired) electrons. The molecule has 0 atom stereocenters. The van der Waals surface area contributed by atoms with Crippen LogP contribution in [0.4, 0.5) is 0 Å². The number of hydrogen-bond donors (Lipinski definition) is 3. The monoisotopic (exact) mass is 404 g/mol. The van der Waals surface area contributed by atoms with Gasteiger partial charge in [-0.15, -0.1) is 0 Å². The molecule has 0 spiro atoms. The highest BCUT2D eigenvalue weighted by Gasteiger charge is 2.13. The smallest absolute Gasteiger partial charge is 0.264 e. The fourth-order valence-corrected chi connectivity index (χ4v) is 2.87. The standard InChI is InChI=1S/C19H24N4O4S/c1-3-4-5-6-10-16(24)22-20-12-15-17(25)21-19(28)23(18(15)26)13-8-7-9-14(11-13)27-2/h7-9,11-12,26H,3-6,10H2,1-2H3,(H,22,24)(H,21,25,28)/b20-12+. The van der Waals surface area contributed by atoms with E-state index in [9.17, 15) is 14.7 Å². The Hall–Kier alpha value is -2.94. The largest absolute Gasteiger partial charge is 0.497 e. The van der Waals surface area contributed by atoms with Crippen LogP contribution in [0.1, 0.15) is 44.6 Å². The molecule has 0 saturated heterocycles. The van der Waals surface area contributed by atoms with E-state index in [1.165, 1.54) is 11.7 Å². The topological polar surface area (TPSA) is 109 Å². The second-order valence-electron chi connectivity index (χ2n) is 6.14. The number of carbonyl (C=O) groups excluding carboxylic acids is 1. The lowest BCUT2D eigenvalue weighted by Gasteiger charge is -2.12. The van der Waals surface area contributed by atoms with Crippen LogP contribution in [0.15, 0.2) is 34.2 Å². The lowest BCUT2D eigenvalue weighted by atomic mass is 10.1. The molecule has 150 valence electrons. The summed E-state index contributed by atoms with van der Waals surface area (Å²) in [5, 5.41) is 14.3. The number of nitrogens with zero attached hydrogens (tertiary/aromatic N) is 2. The second kappa shape index (κ2) is 10.4. The van der Waals surface area contributed by atoms with Gasteiger partial charge in [0, 0.05) is 12.5 Å². The van der Waals surface area contributed by atoms with Crippen LogP contribution in [-0.4, -0.2) is 33.9 Å². The van der Waals surface area contributed by atoms with Crippen LogP contribution in [0.25, 0.3) is 5.69 Å². The van der Waals surface area contributed by atoms with Crippen LogP contribution >= 0.6 is 12.2 Å². The van der Waals surface area contributed by atoms with Crippen LogP contribution in [0.2, 0.25) is 0 Å². The minimum Gasteiger partial charge on any atom is -0.497 e. The van der Waals surface area contributed by atoms with Crippen molar-refractivity contribution in [1.82, 2.24) is 15.0 Å². The summed E-state index contributed by atoms with van der Waals surface area (Å²) in [5.41, 5.74) is 2.14. The Kier molecular flexibility index (Phi) is 7.94. The van der Waals surface area contributed by atoms with Crippen LogP contribution in [0, 0.1) is 4.77 Å². The number of hydrogen-bond acceptors (Lipinski definition) is 6. The van der Waals surface area contributed by atoms with Crippen molar-refractivity contribution in [3.63, 3.8) is 0 Å². The fraction of sp³-hybridized carbons (Fsp3) is 0.368. The molecule has 0 aliphatic rings. The molecule has 3 N–H and O–H groups in total. The normalized spacial score (nSPS) is 10.9. The summed E-state index contributed by atoms with van der Waals surface area (Å²) < 4.78 is 6.48. The van der Waals surface area contributed by atoms with Gasteiger partial charge in [-0.25, -0.2) is 5.43 Å². The van der Waals surface area contributed by atoms with Crippen molar-refractivity contribution in [1.29, 1.82) is 0 Å². The summed E-state index contributed by atoms with van der Waals surface area (Å²) in [4.78, 5) is 26.4. The molecule has 8 nitrogen and oxygen atoms in total. The molecule has 28 heavy (non-hydrogen) atoms. The molecule has 1 amide bonds. The number of carbonyl (C=O) groups is 1. The van der Waals surface area contributed by atoms with Gasteiger partial charge in [0.1, 0.15) is 11.3 Å². The van der Waals surface area contributed by atoms with Gasteiger partial charge >= 0.3 is 0 Å². The van der Waals surface area contributed by atoms with Crippen molar-refractivity contribution in [3.05, 3.63) is 45.0 Å². The van der Waals surface area contributed by atoms with Gasteiger partial charge in [-0.05, 0) is 30.8 Å². The summed E-state index contributed by atoms with van der Waals surface area (Å²) in [6, 6.07) is 6.84. The van der Waals surface area contributed by atoms with Crippen molar-refractivity contribution >= 4 is 24.3 Å². The highest BCUT2D eigenvalue weighted by Crippen LogP contribution is 2.22. The number of aromatic amines is 1. The predicted molar refractivity (Wildman–Crippen MR) is 110 cm³/mol. The number of nitrogens with one attached hydrogen (secondary N) is 2. The van der Waals surface area contributed by atoms with Gasteiger partial charge < -0.3 is 9.84 Å². The number of aromatic hydroxyl groups is 1. The van der Waals surface area contributed by atoms with Crippen LogP contribution in [-0.2, 0) is 4.79 Å².